The van der Waals surface area contributed by atoms with Crippen molar-refractivity contribution in [3.63, 3.8) is 0 Å². The maximum absolute atomic E-state index is 13.6. The highest BCUT2D eigenvalue weighted by atomic mass is 127. The van der Waals surface area contributed by atoms with Crippen molar-refractivity contribution < 1.29 is 18.7 Å². The van der Waals surface area contributed by atoms with Crippen LogP contribution < -0.4 is 4.74 Å². The van der Waals surface area contributed by atoms with Gasteiger partial charge in [0.1, 0.15) is 0 Å². The molecule has 0 radical (unpaired) electrons. The van der Waals surface area contributed by atoms with E-state index >= 15 is 0 Å². The Morgan fingerprint density at radius 3 is 2.95 bits per heavy atom. The second kappa shape index (κ2) is 8.07. The van der Waals surface area contributed by atoms with Crippen LogP contribution >= 0.6 is 45.5 Å². The average Bonchev–Trinajstić information content (AvgIpc) is 2.85. The molecular formula is C14H12ClFINO3S. The van der Waals surface area contributed by atoms with Gasteiger partial charge in [-0.2, -0.15) is 0 Å². The first-order valence-electron chi connectivity index (χ1n) is 6.32. The van der Waals surface area contributed by atoms with E-state index in [1.165, 1.54) is 24.5 Å². The van der Waals surface area contributed by atoms with Gasteiger partial charge in [0, 0.05) is 8.45 Å². The van der Waals surface area contributed by atoms with E-state index in [0.29, 0.717) is 23.9 Å². The molecule has 1 aromatic heterocycles. The highest BCUT2D eigenvalue weighted by molar-refractivity contribution is 14.1. The van der Waals surface area contributed by atoms with Gasteiger partial charge in [0.2, 0.25) is 0 Å². The molecule has 2 aromatic rings. The summed E-state index contributed by atoms with van der Waals surface area (Å²) in [6.45, 7) is 0.327. The molecule has 4 nitrogen and oxygen atoms in total. The summed E-state index contributed by atoms with van der Waals surface area (Å²) in [5.41, 5.74) is 0.234. The van der Waals surface area contributed by atoms with Crippen LogP contribution in [0.2, 0.25) is 4.47 Å². The first kappa shape index (κ1) is 17.4. The molecule has 0 unspecified atom stereocenters. The van der Waals surface area contributed by atoms with Gasteiger partial charge in [-0.15, -0.1) is 11.3 Å². The van der Waals surface area contributed by atoms with Crippen LogP contribution in [0.3, 0.4) is 0 Å². The highest BCUT2D eigenvalue weighted by Gasteiger charge is 2.17. The first-order chi connectivity index (χ1) is 10.5. The number of aryl methyl sites for hydroxylation is 1. The second-order valence-electron chi connectivity index (χ2n) is 4.26. The minimum atomic E-state index is -0.511. The van der Waals surface area contributed by atoms with Crippen molar-refractivity contribution in [1.29, 1.82) is 0 Å². The Balaban J connectivity index is 1.90. The monoisotopic (exact) mass is 455 g/mol. The van der Waals surface area contributed by atoms with Crippen molar-refractivity contribution >= 4 is 51.5 Å². The molecule has 0 saturated heterocycles. The van der Waals surface area contributed by atoms with E-state index in [1.54, 1.807) is 12.1 Å². The molecule has 0 aliphatic rings. The van der Waals surface area contributed by atoms with E-state index in [4.69, 9.17) is 16.3 Å². The molecule has 1 aromatic carbocycles. The highest BCUT2D eigenvalue weighted by Crippen LogP contribution is 2.25. The van der Waals surface area contributed by atoms with E-state index in [2.05, 4.69) is 9.72 Å². The zero-order chi connectivity index (χ0) is 16.1. The number of carbonyl (C=O) groups is 1. The molecule has 0 spiro atoms. The smallest absolute Gasteiger partial charge is 0.357 e. The van der Waals surface area contributed by atoms with Crippen LogP contribution in [-0.4, -0.2) is 24.7 Å². The number of benzene rings is 1. The molecule has 0 atom stereocenters. The molecule has 0 bridgehead atoms. The summed E-state index contributed by atoms with van der Waals surface area (Å²) in [4.78, 5) is 16.2. The zero-order valence-corrected chi connectivity index (χ0v) is 15.3. The number of hydrogen-bond donors (Lipinski definition) is 0. The van der Waals surface area contributed by atoms with Crippen molar-refractivity contribution in [2.75, 3.05) is 13.7 Å². The average molecular weight is 456 g/mol. The lowest BCUT2D eigenvalue weighted by Crippen LogP contribution is -2.06. The van der Waals surface area contributed by atoms with Crippen LogP contribution in [0, 0.1) is 9.39 Å². The van der Waals surface area contributed by atoms with Gasteiger partial charge in [-0.05, 0) is 53.6 Å². The third-order valence-corrected chi connectivity index (χ3v) is 4.64. The van der Waals surface area contributed by atoms with E-state index in [1.807, 2.05) is 22.6 Å². The zero-order valence-electron chi connectivity index (χ0n) is 11.6. The van der Waals surface area contributed by atoms with Gasteiger partial charge < -0.3 is 9.47 Å². The Morgan fingerprint density at radius 1 is 1.50 bits per heavy atom. The van der Waals surface area contributed by atoms with Gasteiger partial charge in [0.05, 0.1) is 13.7 Å². The molecule has 0 N–H and O–H groups in total. The lowest BCUT2D eigenvalue weighted by atomic mass is 10.2. The number of ether oxygens (including phenoxy) is 2. The van der Waals surface area contributed by atoms with E-state index in [0.717, 1.165) is 8.45 Å². The fraction of sp³-hybridized carbons (Fsp3) is 0.286. The molecule has 8 heteroatoms. The van der Waals surface area contributed by atoms with Gasteiger partial charge in [-0.1, -0.05) is 11.6 Å². The van der Waals surface area contributed by atoms with E-state index < -0.39 is 5.97 Å². The van der Waals surface area contributed by atoms with Crippen LogP contribution in [0.25, 0.3) is 0 Å². The second-order valence-corrected chi connectivity index (χ2v) is 7.17. The quantitative estimate of drug-likeness (QED) is 0.369. The molecule has 118 valence electrons. The molecule has 22 heavy (non-hydrogen) atoms. The number of hydrogen-bond acceptors (Lipinski definition) is 5. The summed E-state index contributed by atoms with van der Waals surface area (Å²) in [5, 5.41) is 0. The summed E-state index contributed by atoms with van der Waals surface area (Å²) < 4.78 is 24.8. The minimum Gasteiger partial charge on any atom is -0.491 e. The summed E-state index contributed by atoms with van der Waals surface area (Å²) in [6.07, 6.45) is 1.16. The summed E-state index contributed by atoms with van der Waals surface area (Å²) in [7, 11) is 1.29. The number of halogens is 3. The molecule has 0 aliphatic heterocycles. The standard InChI is InChI=1S/C14H12ClFINO3S/c1-20-13(19)12-11(22-14(15)18-12)3-2-6-21-10-5-4-8(17)7-9(10)16/h4-5,7H,2-3,6H2,1H3. The van der Waals surface area contributed by atoms with Crippen molar-refractivity contribution in [1.82, 2.24) is 4.98 Å². The number of methoxy groups -OCH3 is 1. The number of nitrogens with zero attached hydrogens (tertiary/aromatic N) is 1. The fourth-order valence-corrected chi connectivity index (χ4v) is 3.39. The van der Waals surface area contributed by atoms with E-state index in [-0.39, 0.29) is 17.3 Å². The van der Waals surface area contributed by atoms with Crippen LogP contribution in [0.1, 0.15) is 21.8 Å². The van der Waals surface area contributed by atoms with Gasteiger partial charge in [0.25, 0.3) is 0 Å². The van der Waals surface area contributed by atoms with Gasteiger partial charge >= 0.3 is 5.97 Å². The summed E-state index contributed by atoms with van der Waals surface area (Å²) in [6, 6.07) is 4.78. The van der Waals surface area contributed by atoms with Crippen molar-refractivity contribution in [2.45, 2.75) is 12.8 Å². The SMILES string of the molecule is COC(=O)c1nc(Cl)sc1CCCOc1ccc(I)cc1F. The minimum absolute atomic E-state index is 0.218. The molecule has 0 saturated carbocycles. The molecular weight excluding hydrogens is 444 g/mol. The fourth-order valence-electron chi connectivity index (χ4n) is 1.76. The van der Waals surface area contributed by atoms with Crippen LogP contribution in [0.5, 0.6) is 5.75 Å². The number of rotatable bonds is 6. The Hall–Kier alpha value is -0.930. The molecule has 0 amide bonds. The molecule has 0 fully saturated rings. The van der Waals surface area contributed by atoms with Crippen molar-refractivity contribution in [2.24, 2.45) is 0 Å². The summed E-state index contributed by atoms with van der Waals surface area (Å²) in [5.74, 6) is -0.679. The van der Waals surface area contributed by atoms with E-state index in [9.17, 15) is 9.18 Å². The Bertz CT molecular complexity index is 680. The third-order valence-electron chi connectivity index (χ3n) is 2.75. The maximum Gasteiger partial charge on any atom is 0.357 e. The lowest BCUT2D eigenvalue weighted by molar-refractivity contribution is 0.0593. The van der Waals surface area contributed by atoms with Gasteiger partial charge in [-0.3, -0.25) is 0 Å². The number of aromatic nitrogens is 1. The number of carbonyl (C=O) groups excluding carboxylic acids is 1. The predicted octanol–water partition coefficient (Wildman–Crippen LogP) is 4.34. The van der Waals surface area contributed by atoms with Crippen LogP contribution in [0.15, 0.2) is 18.2 Å². The molecule has 2 rings (SSSR count). The normalized spacial score (nSPS) is 10.5. The maximum atomic E-state index is 13.6. The Labute approximate surface area is 149 Å². The largest absolute Gasteiger partial charge is 0.491 e. The van der Waals surface area contributed by atoms with Crippen molar-refractivity contribution in [3.8, 4) is 5.75 Å². The number of thiazole rings is 1. The topological polar surface area (TPSA) is 48.4 Å². The van der Waals surface area contributed by atoms with Crippen LogP contribution in [0.4, 0.5) is 4.39 Å². The number of esters is 1. The third kappa shape index (κ3) is 4.53. The first-order valence-corrected chi connectivity index (χ1v) is 8.60. The lowest BCUT2D eigenvalue weighted by Gasteiger charge is -2.07. The molecule has 1 heterocycles. The van der Waals surface area contributed by atoms with Gasteiger partial charge in [0.15, 0.2) is 21.7 Å². The van der Waals surface area contributed by atoms with Crippen LogP contribution in [-0.2, 0) is 11.2 Å². The summed E-state index contributed by atoms with van der Waals surface area (Å²) >= 11 is 9.09. The van der Waals surface area contributed by atoms with Crippen molar-refractivity contribution in [3.05, 3.63) is 42.6 Å². The Kier molecular flexibility index (Phi) is 6.39. The van der Waals surface area contributed by atoms with Gasteiger partial charge in [-0.25, -0.2) is 14.2 Å². The molecule has 0 aliphatic carbocycles. The predicted molar refractivity (Wildman–Crippen MR) is 91.4 cm³/mol. The Morgan fingerprint density at radius 2 is 2.27 bits per heavy atom.